The predicted octanol–water partition coefficient (Wildman–Crippen LogP) is 2.89. The SMILES string of the molecule is NC(=O)c1cccc(-c2ccc3c(c2)OCC32CCOCC2)c1. The van der Waals surface area contributed by atoms with Crippen molar-refractivity contribution in [2.24, 2.45) is 5.73 Å². The maximum atomic E-state index is 11.4. The van der Waals surface area contributed by atoms with Crippen LogP contribution in [0.1, 0.15) is 28.8 Å². The first-order valence-electron chi connectivity index (χ1n) is 7.93. The largest absolute Gasteiger partial charge is 0.492 e. The van der Waals surface area contributed by atoms with Crippen molar-refractivity contribution in [3.05, 3.63) is 53.6 Å². The smallest absolute Gasteiger partial charge is 0.248 e. The van der Waals surface area contributed by atoms with Crippen molar-refractivity contribution in [1.29, 1.82) is 0 Å². The molecule has 0 aliphatic carbocycles. The molecule has 0 bridgehead atoms. The van der Waals surface area contributed by atoms with Crippen molar-refractivity contribution >= 4 is 5.91 Å². The lowest BCUT2D eigenvalue weighted by atomic mass is 9.76. The number of carbonyl (C=O) groups is 1. The summed E-state index contributed by atoms with van der Waals surface area (Å²) >= 11 is 0. The Morgan fingerprint density at radius 3 is 2.61 bits per heavy atom. The summed E-state index contributed by atoms with van der Waals surface area (Å²) in [6.07, 6.45) is 2.02. The molecule has 0 atom stereocenters. The minimum absolute atomic E-state index is 0.112. The summed E-state index contributed by atoms with van der Waals surface area (Å²) < 4.78 is 11.5. The summed E-state index contributed by atoms with van der Waals surface area (Å²) in [6.45, 7) is 2.33. The van der Waals surface area contributed by atoms with E-state index in [1.807, 2.05) is 18.2 Å². The fourth-order valence-corrected chi connectivity index (χ4v) is 3.58. The van der Waals surface area contributed by atoms with Gasteiger partial charge in [-0.15, -0.1) is 0 Å². The summed E-state index contributed by atoms with van der Waals surface area (Å²) in [7, 11) is 0. The standard InChI is InChI=1S/C19H19NO3/c20-18(21)15-3-1-2-13(10-15)14-4-5-16-17(11-14)23-12-19(16)6-8-22-9-7-19/h1-5,10-11H,6-9,12H2,(H2,20,21). The van der Waals surface area contributed by atoms with Crippen molar-refractivity contribution in [1.82, 2.24) is 0 Å². The van der Waals surface area contributed by atoms with Gasteiger partial charge in [-0.05, 0) is 42.2 Å². The number of hydrogen-bond acceptors (Lipinski definition) is 3. The summed E-state index contributed by atoms with van der Waals surface area (Å²) in [6, 6.07) is 13.7. The number of ether oxygens (including phenoxy) is 2. The fraction of sp³-hybridized carbons (Fsp3) is 0.316. The van der Waals surface area contributed by atoms with Gasteiger partial charge in [-0.2, -0.15) is 0 Å². The van der Waals surface area contributed by atoms with Gasteiger partial charge in [-0.3, -0.25) is 4.79 Å². The van der Waals surface area contributed by atoms with E-state index in [0.717, 1.165) is 49.5 Å². The van der Waals surface area contributed by atoms with Crippen molar-refractivity contribution in [2.45, 2.75) is 18.3 Å². The molecule has 2 heterocycles. The highest BCUT2D eigenvalue weighted by Crippen LogP contribution is 2.46. The van der Waals surface area contributed by atoms with E-state index in [1.165, 1.54) is 5.56 Å². The Labute approximate surface area is 135 Å². The maximum Gasteiger partial charge on any atom is 0.248 e. The minimum atomic E-state index is -0.412. The molecule has 23 heavy (non-hydrogen) atoms. The zero-order valence-electron chi connectivity index (χ0n) is 12.9. The van der Waals surface area contributed by atoms with Crippen molar-refractivity contribution in [2.75, 3.05) is 19.8 Å². The molecule has 2 aromatic rings. The number of hydrogen-bond donors (Lipinski definition) is 1. The molecule has 1 saturated heterocycles. The molecule has 1 amide bonds. The van der Waals surface area contributed by atoms with Gasteiger partial charge in [0.15, 0.2) is 0 Å². The maximum absolute atomic E-state index is 11.4. The quantitative estimate of drug-likeness (QED) is 0.928. The molecule has 4 rings (SSSR count). The van der Waals surface area contributed by atoms with E-state index in [1.54, 1.807) is 6.07 Å². The van der Waals surface area contributed by atoms with Crippen LogP contribution in [0.4, 0.5) is 0 Å². The third-order valence-corrected chi connectivity index (χ3v) is 4.99. The van der Waals surface area contributed by atoms with E-state index in [9.17, 15) is 4.79 Å². The van der Waals surface area contributed by atoms with Gasteiger partial charge in [0.1, 0.15) is 5.75 Å². The molecular formula is C19H19NO3. The van der Waals surface area contributed by atoms with Crippen LogP contribution in [0.2, 0.25) is 0 Å². The topological polar surface area (TPSA) is 61.6 Å². The second kappa shape index (κ2) is 5.39. The number of nitrogens with two attached hydrogens (primary N) is 1. The van der Waals surface area contributed by atoms with Crippen LogP contribution in [-0.4, -0.2) is 25.7 Å². The van der Waals surface area contributed by atoms with Crippen LogP contribution in [0.3, 0.4) is 0 Å². The third-order valence-electron chi connectivity index (χ3n) is 4.99. The highest BCUT2D eigenvalue weighted by molar-refractivity contribution is 5.94. The number of carbonyl (C=O) groups excluding carboxylic acids is 1. The zero-order chi connectivity index (χ0) is 15.9. The summed E-state index contributed by atoms with van der Waals surface area (Å²) in [5, 5.41) is 0. The van der Waals surface area contributed by atoms with Crippen molar-refractivity contribution < 1.29 is 14.3 Å². The average molecular weight is 309 g/mol. The highest BCUT2D eigenvalue weighted by Gasteiger charge is 2.41. The van der Waals surface area contributed by atoms with Gasteiger partial charge in [-0.25, -0.2) is 0 Å². The molecule has 4 heteroatoms. The Hall–Kier alpha value is -2.33. The molecule has 2 aromatic carbocycles. The minimum Gasteiger partial charge on any atom is -0.492 e. The normalized spacial score (nSPS) is 18.4. The zero-order valence-corrected chi connectivity index (χ0v) is 12.9. The van der Waals surface area contributed by atoms with Crippen LogP contribution >= 0.6 is 0 Å². The van der Waals surface area contributed by atoms with Crippen molar-refractivity contribution in [3.63, 3.8) is 0 Å². The molecule has 118 valence electrons. The summed E-state index contributed by atoms with van der Waals surface area (Å²) in [5.41, 5.74) is 9.30. The molecule has 0 unspecified atom stereocenters. The van der Waals surface area contributed by atoms with Gasteiger partial charge in [0.25, 0.3) is 0 Å². The number of fused-ring (bicyclic) bond motifs is 2. The number of benzene rings is 2. The first-order chi connectivity index (χ1) is 11.2. The van der Waals surface area contributed by atoms with Gasteiger partial charge in [0.2, 0.25) is 5.91 Å². The molecule has 1 spiro atoms. The van der Waals surface area contributed by atoms with Gasteiger partial charge < -0.3 is 15.2 Å². The van der Waals surface area contributed by atoms with Gasteiger partial charge in [0, 0.05) is 29.8 Å². The van der Waals surface area contributed by atoms with E-state index in [4.69, 9.17) is 15.2 Å². The van der Waals surface area contributed by atoms with E-state index in [-0.39, 0.29) is 5.41 Å². The number of rotatable bonds is 2. The van der Waals surface area contributed by atoms with Gasteiger partial charge >= 0.3 is 0 Å². The Bertz CT molecular complexity index is 763. The average Bonchev–Trinajstić information content (AvgIpc) is 2.93. The van der Waals surface area contributed by atoms with E-state index in [2.05, 4.69) is 18.2 Å². The first-order valence-corrected chi connectivity index (χ1v) is 7.93. The van der Waals surface area contributed by atoms with Crippen LogP contribution in [0.25, 0.3) is 11.1 Å². The Morgan fingerprint density at radius 2 is 1.83 bits per heavy atom. The van der Waals surface area contributed by atoms with E-state index in [0.29, 0.717) is 5.56 Å². The van der Waals surface area contributed by atoms with E-state index < -0.39 is 5.91 Å². The van der Waals surface area contributed by atoms with E-state index >= 15 is 0 Å². The summed E-state index contributed by atoms with van der Waals surface area (Å²) in [4.78, 5) is 11.4. The number of primary amides is 1. The van der Waals surface area contributed by atoms with Crippen LogP contribution in [-0.2, 0) is 10.2 Å². The van der Waals surface area contributed by atoms with Gasteiger partial charge in [-0.1, -0.05) is 24.3 Å². The second-order valence-corrected chi connectivity index (χ2v) is 6.34. The molecule has 0 radical (unpaired) electrons. The Balaban J connectivity index is 1.71. The highest BCUT2D eigenvalue weighted by atomic mass is 16.5. The lowest BCUT2D eigenvalue weighted by Gasteiger charge is -2.32. The molecule has 2 aliphatic rings. The fourth-order valence-electron chi connectivity index (χ4n) is 3.58. The second-order valence-electron chi connectivity index (χ2n) is 6.34. The summed E-state index contributed by atoms with van der Waals surface area (Å²) in [5.74, 6) is 0.541. The molecular weight excluding hydrogens is 290 g/mol. The Morgan fingerprint density at radius 1 is 1.04 bits per heavy atom. The molecule has 2 N–H and O–H groups in total. The van der Waals surface area contributed by atoms with Crippen LogP contribution in [0.5, 0.6) is 5.75 Å². The lowest BCUT2D eigenvalue weighted by Crippen LogP contribution is -2.35. The monoisotopic (exact) mass is 309 g/mol. The van der Waals surface area contributed by atoms with Crippen LogP contribution < -0.4 is 10.5 Å². The number of amides is 1. The molecule has 0 aromatic heterocycles. The van der Waals surface area contributed by atoms with Gasteiger partial charge in [0.05, 0.1) is 6.61 Å². The molecule has 2 aliphatic heterocycles. The Kier molecular flexibility index (Phi) is 3.34. The van der Waals surface area contributed by atoms with Crippen LogP contribution in [0, 0.1) is 0 Å². The van der Waals surface area contributed by atoms with Crippen LogP contribution in [0.15, 0.2) is 42.5 Å². The van der Waals surface area contributed by atoms with Crippen molar-refractivity contribution in [3.8, 4) is 16.9 Å². The first kappa shape index (κ1) is 14.3. The predicted molar refractivity (Wildman–Crippen MR) is 87.6 cm³/mol. The third kappa shape index (κ3) is 2.39. The molecule has 0 saturated carbocycles. The molecule has 4 nitrogen and oxygen atoms in total. The molecule has 1 fully saturated rings. The lowest BCUT2D eigenvalue weighted by molar-refractivity contribution is 0.0420.